The summed E-state index contributed by atoms with van der Waals surface area (Å²) in [5.41, 5.74) is 1.61. The van der Waals surface area contributed by atoms with Crippen LogP contribution in [0.2, 0.25) is 0 Å². The monoisotopic (exact) mass is 497 g/mol. The topological polar surface area (TPSA) is 123 Å². The Labute approximate surface area is 211 Å². The van der Waals surface area contributed by atoms with Gasteiger partial charge in [-0.1, -0.05) is 81.4 Å². The third-order valence-electron chi connectivity index (χ3n) is 5.24. The Kier molecular flexibility index (Phi) is 12.1. The number of nitrogens with one attached hydrogen (secondary N) is 3. The number of hydrogen-bond donors (Lipinski definition) is 3. The Balaban J connectivity index is 2.03. The van der Waals surface area contributed by atoms with Gasteiger partial charge >= 0.3 is 11.9 Å². The van der Waals surface area contributed by atoms with Gasteiger partial charge in [-0.15, -0.1) is 0 Å². The number of hydrogen-bond acceptors (Lipinski definition) is 7. The summed E-state index contributed by atoms with van der Waals surface area (Å²) in [5.74, 6) is -2.69. The van der Waals surface area contributed by atoms with Gasteiger partial charge in [-0.05, 0) is 23.6 Å². The molecule has 0 aliphatic heterocycles. The Bertz CT molecular complexity index is 982. The highest BCUT2D eigenvalue weighted by Gasteiger charge is 2.31. The molecule has 2 aromatic carbocycles. The summed E-state index contributed by atoms with van der Waals surface area (Å²) in [6, 6.07) is 16.1. The van der Waals surface area contributed by atoms with Crippen LogP contribution in [-0.2, 0) is 41.9 Å². The van der Waals surface area contributed by atoms with Gasteiger partial charge in [-0.25, -0.2) is 4.79 Å². The molecular formula is C27H35N3O6. The molecule has 0 unspecified atom stereocenters. The van der Waals surface area contributed by atoms with E-state index in [-0.39, 0.29) is 32.1 Å². The molecule has 36 heavy (non-hydrogen) atoms. The molecule has 2 aromatic rings. The van der Waals surface area contributed by atoms with E-state index in [2.05, 4.69) is 16.0 Å². The third-order valence-corrected chi connectivity index (χ3v) is 5.24. The number of esters is 2. The third kappa shape index (κ3) is 10.3. The minimum atomic E-state index is -1.22. The maximum atomic E-state index is 13.1. The highest BCUT2D eigenvalue weighted by molar-refractivity contribution is 5.93. The van der Waals surface area contributed by atoms with Crippen molar-refractivity contribution in [3.63, 3.8) is 0 Å². The van der Waals surface area contributed by atoms with Gasteiger partial charge in [-0.2, -0.15) is 0 Å². The fourth-order valence-corrected chi connectivity index (χ4v) is 3.23. The summed E-state index contributed by atoms with van der Waals surface area (Å²) in [6.45, 7) is 6.02. The highest BCUT2D eigenvalue weighted by atomic mass is 16.5. The van der Waals surface area contributed by atoms with Crippen molar-refractivity contribution in [2.24, 2.45) is 5.92 Å². The molecule has 0 saturated heterocycles. The lowest BCUT2D eigenvalue weighted by atomic mass is 10.0. The molecule has 0 aliphatic carbocycles. The minimum Gasteiger partial charge on any atom is -0.461 e. The predicted octanol–water partition coefficient (Wildman–Crippen LogP) is 2.10. The SMILES string of the molecule is CCNCC(=O)N[C@@H](CC(=O)OCc1ccccc1)C(=O)N[C@H](C(=O)OCc1ccccc1)C(C)C. The Morgan fingerprint density at radius 3 is 1.89 bits per heavy atom. The lowest BCUT2D eigenvalue weighted by Crippen LogP contribution is -2.55. The maximum absolute atomic E-state index is 13.1. The smallest absolute Gasteiger partial charge is 0.329 e. The van der Waals surface area contributed by atoms with Crippen molar-refractivity contribution in [3.05, 3.63) is 71.8 Å². The lowest BCUT2D eigenvalue weighted by molar-refractivity contribution is -0.151. The predicted molar refractivity (Wildman–Crippen MR) is 134 cm³/mol. The summed E-state index contributed by atoms with van der Waals surface area (Å²) in [7, 11) is 0. The standard InChI is InChI=1S/C27H35N3O6/c1-4-28-16-23(31)29-22(15-24(32)35-17-20-11-7-5-8-12-20)26(33)30-25(19(2)3)27(34)36-18-21-13-9-6-10-14-21/h5-14,19,22,25,28H,4,15-18H2,1-3H3,(H,29,31)(H,30,33)/t22-,25-/m0/s1. The second-order valence-corrected chi connectivity index (χ2v) is 8.57. The van der Waals surface area contributed by atoms with Crippen molar-refractivity contribution in [1.29, 1.82) is 0 Å². The van der Waals surface area contributed by atoms with E-state index in [0.717, 1.165) is 11.1 Å². The molecule has 0 bridgehead atoms. The van der Waals surface area contributed by atoms with E-state index >= 15 is 0 Å². The van der Waals surface area contributed by atoms with Crippen LogP contribution in [0.1, 0.15) is 38.3 Å². The molecule has 0 aliphatic rings. The van der Waals surface area contributed by atoms with Crippen molar-refractivity contribution in [1.82, 2.24) is 16.0 Å². The van der Waals surface area contributed by atoms with Crippen molar-refractivity contribution in [2.75, 3.05) is 13.1 Å². The molecule has 2 rings (SSSR count). The van der Waals surface area contributed by atoms with E-state index in [9.17, 15) is 19.2 Å². The number of likely N-dealkylation sites (N-methyl/N-ethyl adjacent to an activating group) is 1. The van der Waals surface area contributed by atoms with Gasteiger partial charge in [0.15, 0.2) is 0 Å². The molecule has 194 valence electrons. The van der Waals surface area contributed by atoms with Crippen molar-refractivity contribution < 1.29 is 28.7 Å². The van der Waals surface area contributed by atoms with E-state index in [1.165, 1.54) is 0 Å². The van der Waals surface area contributed by atoms with E-state index in [1.54, 1.807) is 13.8 Å². The Morgan fingerprint density at radius 2 is 1.36 bits per heavy atom. The Morgan fingerprint density at radius 1 is 0.806 bits per heavy atom. The first-order valence-corrected chi connectivity index (χ1v) is 12.0. The molecule has 2 atom stereocenters. The van der Waals surface area contributed by atoms with Gasteiger partial charge in [0.2, 0.25) is 11.8 Å². The van der Waals surface area contributed by atoms with E-state index in [1.807, 2.05) is 67.6 Å². The second kappa shape index (κ2) is 15.3. The fraction of sp³-hybridized carbons (Fsp3) is 0.407. The van der Waals surface area contributed by atoms with Gasteiger partial charge in [0, 0.05) is 0 Å². The summed E-state index contributed by atoms with van der Waals surface area (Å²) >= 11 is 0. The summed E-state index contributed by atoms with van der Waals surface area (Å²) in [5, 5.41) is 8.06. The summed E-state index contributed by atoms with van der Waals surface area (Å²) in [6.07, 6.45) is -0.388. The number of ether oxygens (including phenoxy) is 2. The molecule has 9 heteroatoms. The molecule has 0 heterocycles. The molecule has 0 radical (unpaired) electrons. The van der Waals surface area contributed by atoms with Crippen LogP contribution in [0, 0.1) is 5.92 Å². The first-order chi connectivity index (χ1) is 17.3. The van der Waals surface area contributed by atoms with Gasteiger partial charge in [0.05, 0.1) is 13.0 Å². The van der Waals surface area contributed by atoms with Gasteiger partial charge < -0.3 is 25.4 Å². The quantitative estimate of drug-likeness (QED) is 0.342. The zero-order chi connectivity index (χ0) is 26.3. The van der Waals surface area contributed by atoms with Crippen LogP contribution in [-0.4, -0.2) is 48.9 Å². The normalized spacial score (nSPS) is 12.3. The fourth-order valence-electron chi connectivity index (χ4n) is 3.23. The van der Waals surface area contributed by atoms with Crippen LogP contribution in [0.3, 0.4) is 0 Å². The molecule has 2 amide bonds. The zero-order valence-corrected chi connectivity index (χ0v) is 21.0. The average Bonchev–Trinajstić information content (AvgIpc) is 2.88. The van der Waals surface area contributed by atoms with Gasteiger partial charge in [0.25, 0.3) is 0 Å². The van der Waals surface area contributed by atoms with E-state index in [0.29, 0.717) is 6.54 Å². The number of amides is 2. The second-order valence-electron chi connectivity index (χ2n) is 8.57. The number of benzene rings is 2. The van der Waals surface area contributed by atoms with Crippen molar-refractivity contribution >= 4 is 23.8 Å². The largest absolute Gasteiger partial charge is 0.461 e. The van der Waals surface area contributed by atoms with Crippen molar-refractivity contribution in [3.8, 4) is 0 Å². The van der Waals surface area contributed by atoms with Crippen LogP contribution < -0.4 is 16.0 Å². The first kappa shape index (κ1) is 28.5. The van der Waals surface area contributed by atoms with Crippen LogP contribution in [0.4, 0.5) is 0 Å². The molecule has 0 fully saturated rings. The molecule has 0 spiro atoms. The molecule has 9 nitrogen and oxygen atoms in total. The van der Waals surface area contributed by atoms with E-state index in [4.69, 9.17) is 9.47 Å². The number of carbonyl (C=O) groups excluding carboxylic acids is 4. The first-order valence-electron chi connectivity index (χ1n) is 12.0. The molecular weight excluding hydrogens is 462 g/mol. The lowest BCUT2D eigenvalue weighted by Gasteiger charge is -2.24. The van der Waals surface area contributed by atoms with Crippen molar-refractivity contribution in [2.45, 2.75) is 52.5 Å². The van der Waals surface area contributed by atoms with Gasteiger partial charge in [-0.3, -0.25) is 14.4 Å². The average molecular weight is 498 g/mol. The van der Waals surface area contributed by atoms with Crippen LogP contribution in [0.15, 0.2) is 60.7 Å². The van der Waals surface area contributed by atoms with Gasteiger partial charge in [0.1, 0.15) is 25.3 Å². The summed E-state index contributed by atoms with van der Waals surface area (Å²) in [4.78, 5) is 50.6. The Hall–Kier alpha value is -3.72. The molecule has 0 aromatic heterocycles. The minimum absolute atomic E-state index is 0.0218. The summed E-state index contributed by atoms with van der Waals surface area (Å²) < 4.78 is 10.7. The molecule has 0 saturated carbocycles. The van der Waals surface area contributed by atoms with E-state index < -0.39 is 35.8 Å². The van der Waals surface area contributed by atoms with Crippen LogP contribution in [0.5, 0.6) is 0 Å². The van der Waals surface area contributed by atoms with Crippen LogP contribution >= 0.6 is 0 Å². The highest BCUT2D eigenvalue weighted by Crippen LogP contribution is 2.09. The molecule has 3 N–H and O–H groups in total. The number of carbonyl (C=O) groups is 4. The van der Waals surface area contributed by atoms with Crippen LogP contribution in [0.25, 0.3) is 0 Å². The zero-order valence-electron chi connectivity index (χ0n) is 21.0. The number of rotatable bonds is 14. The maximum Gasteiger partial charge on any atom is 0.329 e.